The van der Waals surface area contributed by atoms with Crippen molar-refractivity contribution < 1.29 is 9.53 Å². The molecule has 0 amide bonds. The van der Waals surface area contributed by atoms with E-state index in [9.17, 15) is 9.59 Å². The predicted octanol–water partition coefficient (Wildman–Crippen LogP) is 4.35. The van der Waals surface area contributed by atoms with Crippen molar-refractivity contribution in [2.45, 2.75) is 24.8 Å². The van der Waals surface area contributed by atoms with Gasteiger partial charge in [-0.05, 0) is 77.5 Å². The van der Waals surface area contributed by atoms with Crippen LogP contribution in [0.4, 0.5) is 5.69 Å². The number of benzene rings is 2. The van der Waals surface area contributed by atoms with Crippen molar-refractivity contribution in [1.29, 1.82) is 0 Å². The summed E-state index contributed by atoms with van der Waals surface area (Å²) in [5, 5.41) is 0. The maximum Gasteiger partial charge on any atom is 0.338 e. The van der Waals surface area contributed by atoms with Gasteiger partial charge in [-0.3, -0.25) is 9.36 Å². The van der Waals surface area contributed by atoms with Gasteiger partial charge in [-0.1, -0.05) is 29.5 Å². The van der Waals surface area contributed by atoms with Gasteiger partial charge in [0.25, 0.3) is 5.56 Å². The molecule has 0 saturated carbocycles. The van der Waals surface area contributed by atoms with E-state index in [-0.39, 0.29) is 12.2 Å². The second kappa shape index (κ2) is 10.6. The van der Waals surface area contributed by atoms with Gasteiger partial charge in [0.05, 0.1) is 34.1 Å². The number of esters is 1. The van der Waals surface area contributed by atoms with E-state index in [2.05, 4.69) is 20.9 Å². The molecule has 35 heavy (non-hydrogen) atoms. The third kappa shape index (κ3) is 5.03. The van der Waals surface area contributed by atoms with Gasteiger partial charge in [-0.15, -0.1) is 11.8 Å². The van der Waals surface area contributed by atoms with Crippen LogP contribution in [0.5, 0.6) is 0 Å². The van der Waals surface area contributed by atoms with Gasteiger partial charge in [0, 0.05) is 23.5 Å². The topological polar surface area (TPSA) is 63.9 Å². The minimum Gasteiger partial charge on any atom is -0.463 e. The molecule has 3 aromatic rings. The number of rotatable bonds is 6. The Balaban J connectivity index is 1.90. The lowest BCUT2D eigenvalue weighted by Crippen LogP contribution is -2.39. The predicted molar refractivity (Wildman–Crippen MR) is 147 cm³/mol. The standard InChI is InChI=1S/C26H26BrN3O3S2/c1-6-33-25(32)22-15(2)28-26-30(23(22)17-8-10-18(34-5)11-9-17)24(31)21(35-26)14-16-7-12-20(29(3)4)19(27)13-16/h7-14,23H,6H2,1-5H3/b21-14-. The maximum atomic E-state index is 13.7. The Kier molecular flexibility index (Phi) is 7.68. The van der Waals surface area contributed by atoms with E-state index in [0.29, 0.717) is 20.6 Å². The lowest BCUT2D eigenvalue weighted by Gasteiger charge is -2.24. The Labute approximate surface area is 220 Å². The molecule has 182 valence electrons. The molecule has 0 aliphatic carbocycles. The number of ether oxygens (including phenoxy) is 1. The largest absolute Gasteiger partial charge is 0.463 e. The van der Waals surface area contributed by atoms with Crippen LogP contribution in [-0.2, 0) is 9.53 Å². The lowest BCUT2D eigenvalue weighted by atomic mass is 9.96. The number of anilines is 1. The Hall–Kier alpha value is -2.62. The number of fused-ring (bicyclic) bond motifs is 1. The lowest BCUT2D eigenvalue weighted by molar-refractivity contribution is -0.139. The summed E-state index contributed by atoms with van der Waals surface area (Å²) in [6.45, 7) is 3.81. The van der Waals surface area contributed by atoms with Gasteiger partial charge in [-0.2, -0.15) is 0 Å². The van der Waals surface area contributed by atoms with Crippen molar-refractivity contribution in [3.63, 3.8) is 0 Å². The van der Waals surface area contributed by atoms with Crippen LogP contribution in [0.1, 0.15) is 31.0 Å². The van der Waals surface area contributed by atoms with Crippen molar-refractivity contribution in [2.24, 2.45) is 4.99 Å². The summed E-state index contributed by atoms with van der Waals surface area (Å²) in [6.07, 6.45) is 3.88. The molecule has 0 bridgehead atoms. The number of allylic oxidation sites excluding steroid dienone is 1. The monoisotopic (exact) mass is 571 g/mol. The molecule has 0 saturated heterocycles. The van der Waals surface area contributed by atoms with E-state index in [1.165, 1.54) is 11.3 Å². The zero-order chi connectivity index (χ0) is 25.3. The normalized spacial score (nSPS) is 15.6. The number of hydrogen-bond acceptors (Lipinski definition) is 7. The Bertz CT molecular complexity index is 1490. The van der Waals surface area contributed by atoms with Crippen LogP contribution < -0.4 is 19.8 Å². The number of nitrogens with zero attached hydrogens (tertiary/aromatic N) is 3. The third-order valence-corrected chi connectivity index (χ3v) is 8.06. The van der Waals surface area contributed by atoms with Crippen molar-refractivity contribution in [3.8, 4) is 0 Å². The first-order valence-electron chi connectivity index (χ1n) is 11.1. The molecule has 1 unspecified atom stereocenters. The van der Waals surface area contributed by atoms with Crippen LogP contribution in [0.3, 0.4) is 0 Å². The average molecular weight is 573 g/mol. The Morgan fingerprint density at radius 2 is 1.97 bits per heavy atom. The number of carbonyl (C=O) groups excluding carboxylic acids is 1. The molecule has 0 fully saturated rings. The van der Waals surface area contributed by atoms with Crippen LogP contribution in [0.2, 0.25) is 0 Å². The summed E-state index contributed by atoms with van der Waals surface area (Å²) in [4.78, 5) is 35.0. The number of halogens is 1. The highest BCUT2D eigenvalue weighted by Crippen LogP contribution is 2.32. The first-order valence-corrected chi connectivity index (χ1v) is 13.9. The molecule has 9 heteroatoms. The van der Waals surface area contributed by atoms with Crippen LogP contribution in [0.25, 0.3) is 6.08 Å². The SMILES string of the molecule is CCOC(=O)C1=C(C)N=c2s/c(=C\c3ccc(N(C)C)c(Br)c3)c(=O)n2C1c1ccc(SC)cc1. The highest BCUT2D eigenvalue weighted by atomic mass is 79.9. The highest BCUT2D eigenvalue weighted by molar-refractivity contribution is 9.10. The molecule has 1 aliphatic rings. The highest BCUT2D eigenvalue weighted by Gasteiger charge is 2.33. The fraction of sp³-hybridized carbons (Fsp3) is 0.269. The molecule has 1 aromatic heterocycles. The molecule has 6 nitrogen and oxygen atoms in total. The molecule has 4 rings (SSSR count). The van der Waals surface area contributed by atoms with Gasteiger partial charge >= 0.3 is 5.97 Å². The molecular weight excluding hydrogens is 546 g/mol. The number of thiazole rings is 1. The van der Waals surface area contributed by atoms with Gasteiger partial charge in [0.2, 0.25) is 0 Å². The number of carbonyl (C=O) groups is 1. The van der Waals surface area contributed by atoms with Gasteiger partial charge in [0.1, 0.15) is 0 Å². The van der Waals surface area contributed by atoms with E-state index in [1.54, 1.807) is 30.2 Å². The van der Waals surface area contributed by atoms with E-state index in [0.717, 1.165) is 26.2 Å². The summed E-state index contributed by atoms with van der Waals surface area (Å²) < 4.78 is 8.47. The van der Waals surface area contributed by atoms with Gasteiger partial charge < -0.3 is 9.64 Å². The third-order valence-electron chi connectivity index (χ3n) is 5.70. The van der Waals surface area contributed by atoms with Crippen molar-refractivity contribution >= 4 is 56.8 Å². The smallest absolute Gasteiger partial charge is 0.338 e. The van der Waals surface area contributed by atoms with E-state index in [1.807, 2.05) is 73.8 Å². The minimum absolute atomic E-state index is 0.185. The molecule has 0 N–H and O–H groups in total. The van der Waals surface area contributed by atoms with Gasteiger partial charge in [0.15, 0.2) is 4.80 Å². The van der Waals surface area contributed by atoms with Crippen LogP contribution >= 0.6 is 39.0 Å². The Morgan fingerprint density at radius 1 is 1.26 bits per heavy atom. The van der Waals surface area contributed by atoms with E-state index in [4.69, 9.17) is 4.74 Å². The number of aromatic nitrogens is 1. The molecule has 2 heterocycles. The summed E-state index contributed by atoms with van der Waals surface area (Å²) in [6, 6.07) is 13.3. The molecule has 2 aromatic carbocycles. The first-order chi connectivity index (χ1) is 16.7. The average Bonchev–Trinajstić information content (AvgIpc) is 3.12. The quantitative estimate of drug-likeness (QED) is 0.325. The van der Waals surface area contributed by atoms with Gasteiger partial charge in [-0.25, -0.2) is 9.79 Å². The Morgan fingerprint density at radius 3 is 2.57 bits per heavy atom. The molecule has 1 atom stereocenters. The minimum atomic E-state index is -0.605. The second-order valence-electron chi connectivity index (χ2n) is 8.18. The van der Waals surface area contributed by atoms with Crippen molar-refractivity contribution in [3.05, 3.63) is 89.0 Å². The molecule has 0 spiro atoms. The summed E-state index contributed by atoms with van der Waals surface area (Å²) in [5.74, 6) is -0.454. The van der Waals surface area contributed by atoms with Crippen LogP contribution in [0.15, 0.2) is 72.9 Å². The zero-order valence-electron chi connectivity index (χ0n) is 20.2. The second-order valence-corrected chi connectivity index (χ2v) is 10.9. The summed E-state index contributed by atoms with van der Waals surface area (Å²) in [7, 11) is 3.96. The fourth-order valence-corrected chi connectivity index (χ4v) is 6.23. The molecule has 0 radical (unpaired) electrons. The molecule has 1 aliphatic heterocycles. The number of hydrogen-bond donors (Lipinski definition) is 0. The summed E-state index contributed by atoms with van der Waals surface area (Å²) in [5.41, 5.74) is 3.55. The number of thioether (sulfide) groups is 1. The first kappa shape index (κ1) is 25.5. The van der Waals surface area contributed by atoms with Crippen LogP contribution in [-0.4, -0.2) is 37.5 Å². The molecular formula is C26H26BrN3O3S2. The van der Waals surface area contributed by atoms with Crippen LogP contribution in [0, 0.1) is 0 Å². The summed E-state index contributed by atoms with van der Waals surface area (Å²) >= 11 is 6.57. The zero-order valence-corrected chi connectivity index (χ0v) is 23.4. The fourth-order valence-electron chi connectivity index (χ4n) is 4.02. The van der Waals surface area contributed by atoms with E-state index >= 15 is 0 Å². The van der Waals surface area contributed by atoms with E-state index < -0.39 is 12.0 Å². The van der Waals surface area contributed by atoms with Crippen molar-refractivity contribution in [1.82, 2.24) is 4.57 Å². The van der Waals surface area contributed by atoms with Crippen molar-refractivity contribution in [2.75, 3.05) is 31.9 Å². The maximum absolute atomic E-state index is 13.7.